The van der Waals surface area contributed by atoms with Gasteiger partial charge in [0, 0.05) is 45.6 Å². The zero-order valence-corrected chi connectivity index (χ0v) is 8.76. The number of nitrogens with zero attached hydrogens (tertiary/aromatic N) is 4. The van der Waals surface area contributed by atoms with Crippen molar-refractivity contribution in [1.82, 2.24) is 19.5 Å². The highest BCUT2D eigenvalue weighted by molar-refractivity contribution is 5.90. The van der Waals surface area contributed by atoms with Gasteiger partial charge in [-0.2, -0.15) is 0 Å². The van der Waals surface area contributed by atoms with Gasteiger partial charge in [0.15, 0.2) is 5.82 Å². The van der Waals surface area contributed by atoms with E-state index in [1.165, 1.54) is 0 Å². The minimum atomic E-state index is -0.0180. The fourth-order valence-corrected chi connectivity index (χ4v) is 1.64. The van der Waals surface area contributed by atoms with Crippen LogP contribution in [-0.2, 0) is 7.05 Å². The second-order valence-electron chi connectivity index (χ2n) is 3.69. The molecular weight excluding hydrogens is 194 g/mol. The summed E-state index contributed by atoms with van der Waals surface area (Å²) in [4.78, 5) is 17.8. The van der Waals surface area contributed by atoms with Crippen molar-refractivity contribution >= 4 is 5.91 Å². The van der Waals surface area contributed by atoms with Crippen molar-refractivity contribution in [3.8, 4) is 0 Å². The second kappa shape index (κ2) is 4.00. The third-order valence-corrected chi connectivity index (χ3v) is 2.61. The van der Waals surface area contributed by atoms with Crippen LogP contribution in [0.1, 0.15) is 10.6 Å². The van der Waals surface area contributed by atoms with Crippen LogP contribution in [0.4, 0.5) is 0 Å². The minimum Gasteiger partial charge on any atom is -0.333 e. The lowest BCUT2D eigenvalue weighted by molar-refractivity contribution is 0.0622. The number of rotatable bonds is 1. The van der Waals surface area contributed by atoms with E-state index in [9.17, 15) is 4.79 Å². The Balaban J connectivity index is 2.06. The van der Waals surface area contributed by atoms with Crippen LogP contribution < -0.4 is 5.84 Å². The Labute approximate surface area is 88.2 Å². The molecule has 0 aromatic carbocycles. The van der Waals surface area contributed by atoms with Crippen LogP contribution in [0.5, 0.6) is 0 Å². The minimum absolute atomic E-state index is 0.0180. The Bertz CT molecular complexity index is 353. The van der Waals surface area contributed by atoms with Gasteiger partial charge in [0.25, 0.3) is 5.91 Å². The van der Waals surface area contributed by atoms with E-state index in [0.29, 0.717) is 18.9 Å². The molecule has 0 atom stereocenters. The molecule has 0 radical (unpaired) electrons. The Hall–Kier alpha value is -1.40. The van der Waals surface area contributed by atoms with Gasteiger partial charge in [0.05, 0.1) is 0 Å². The number of hydrogen-bond acceptors (Lipinski definition) is 4. The van der Waals surface area contributed by atoms with Crippen LogP contribution in [0.25, 0.3) is 0 Å². The van der Waals surface area contributed by atoms with Crippen LogP contribution in [-0.4, -0.2) is 51.5 Å². The molecule has 2 N–H and O–H groups in total. The number of piperazine rings is 1. The molecule has 1 aliphatic rings. The highest BCUT2D eigenvalue weighted by Gasteiger charge is 2.22. The number of nitrogens with two attached hydrogens (primary N) is 1. The number of imidazole rings is 1. The van der Waals surface area contributed by atoms with E-state index < -0.39 is 0 Å². The van der Waals surface area contributed by atoms with Gasteiger partial charge in [0.1, 0.15) is 0 Å². The largest absolute Gasteiger partial charge is 0.333 e. The summed E-state index contributed by atoms with van der Waals surface area (Å²) in [5.74, 6) is 6.09. The van der Waals surface area contributed by atoms with Crippen molar-refractivity contribution < 1.29 is 4.79 Å². The van der Waals surface area contributed by atoms with Crippen molar-refractivity contribution in [1.29, 1.82) is 0 Å². The van der Waals surface area contributed by atoms with Crippen LogP contribution in [0.2, 0.25) is 0 Å². The van der Waals surface area contributed by atoms with Gasteiger partial charge in [-0.1, -0.05) is 0 Å². The maximum absolute atomic E-state index is 12.0. The van der Waals surface area contributed by atoms with Gasteiger partial charge >= 0.3 is 0 Å². The lowest BCUT2D eigenvalue weighted by atomic mass is 10.3. The Morgan fingerprint density at radius 1 is 1.40 bits per heavy atom. The summed E-state index contributed by atoms with van der Waals surface area (Å²) in [6.07, 6.45) is 3.40. The van der Waals surface area contributed by atoms with Crippen LogP contribution >= 0.6 is 0 Å². The maximum atomic E-state index is 12.0. The first-order valence-electron chi connectivity index (χ1n) is 4.94. The Morgan fingerprint density at radius 2 is 2.07 bits per heavy atom. The van der Waals surface area contributed by atoms with Crippen molar-refractivity contribution in [2.45, 2.75) is 0 Å². The summed E-state index contributed by atoms with van der Waals surface area (Å²) in [5, 5.41) is 1.72. The molecule has 2 heterocycles. The molecule has 1 aromatic heterocycles. The van der Waals surface area contributed by atoms with E-state index in [1.807, 2.05) is 7.05 Å². The summed E-state index contributed by atoms with van der Waals surface area (Å²) in [5.41, 5.74) is 0. The summed E-state index contributed by atoms with van der Waals surface area (Å²) in [7, 11) is 1.82. The number of hydrazine groups is 1. The van der Waals surface area contributed by atoms with Crippen LogP contribution in [0.3, 0.4) is 0 Å². The van der Waals surface area contributed by atoms with Crippen molar-refractivity contribution in [2.24, 2.45) is 12.9 Å². The lowest BCUT2D eigenvalue weighted by Crippen LogP contribution is -2.51. The SMILES string of the molecule is Cn1ccnc1C(=O)N1CCN(N)CC1. The average molecular weight is 209 g/mol. The normalized spacial score (nSPS) is 18.1. The van der Waals surface area contributed by atoms with Gasteiger partial charge in [-0.25, -0.2) is 9.99 Å². The number of carbonyl (C=O) groups excluding carboxylic acids is 1. The summed E-state index contributed by atoms with van der Waals surface area (Å²) < 4.78 is 1.73. The van der Waals surface area contributed by atoms with E-state index in [-0.39, 0.29) is 5.91 Å². The summed E-state index contributed by atoms with van der Waals surface area (Å²) >= 11 is 0. The topological polar surface area (TPSA) is 67.4 Å². The monoisotopic (exact) mass is 209 g/mol. The molecule has 0 spiro atoms. The van der Waals surface area contributed by atoms with Gasteiger partial charge < -0.3 is 9.47 Å². The quantitative estimate of drug-likeness (QED) is 0.606. The number of aryl methyl sites for hydroxylation is 1. The number of carbonyl (C=O) groups is 1. The third-order valence-electron chi connectivity index (χ3n) is 2.61. The number of amides is 1. The molecule has 82 valence electrons. The predicted molar refractivity (Wildman–Crippen MR) is 54.9 cm³/mol. The third kappa shape index (κ3) is 2.00. The molecule has 2 rings (SSSR count). The van der Waals surface area contributed by atoms with E-state index in [4.69, 9.17) is 5.84 Å². The number of aromatic nitrogens is 2. The highest BCUT2D eigenvalue weighted by atomic mass is 16.2. The van der Waals surface area contributed by atoms with Gasteiger partial charge in [-0.05, 0) is 0 Å². The molecule has 1 saturated heterocycles. The Kier molecular flexibility index (Phi) is 2.70. The molecule has 1 aromatic rings. The van der Waals surface area contributed by atoms with Crippen molar-refractivity contribution in [3.63, 3.8) is 0 Å². The molecule has 0 saturated carbocycles. The van der Waals surface area contributed by atoms with Gasteiger partial charge in [-0.15, -0.1) is 0 Å². The first-order valence-corrected chi connectivity index (χ1v) is 4.94. The number of hydrogen-bond donors (Lipinski definition) is 1. The Morgan fingerprint density at radius 3 is 2.60 bits per heavy atom. The standard InChI is InChI=1S/C9H15N5O/c1-12-3-2-11-8(12)9(15)13-4-6-14(10)7-5-13/h2-3H,4-7,10H2,1H3. The van der Waals surface area contributed by atoms with Crippen LogP contribution in [0, 0.1) is 0 Å². The molecule has 0 bridgehead atoms. The molecular formula is C9H15N5O. The van der Waals surface area contributed by atoms with Crippen LogP contribution in [0.15, 0.2) is 12.4 Å². The zero-order valence-electron chi connectivity index (χ0n) is 8.76. The lowest BCUT2D eigenvalue weighted by Gasteiger charge is -2.31. The summed E-state index contributed by atoms with van der Waals surface area (Å²) in [6, 6.07) is 0. The first kappa shape index (κ1) is 10.1. The van der Waals surface area contributed by atoms with Gasteiger partial charge in [0.2, 0.25) is 0 Å². The molecule has 1 aliphatic heterocycles. The van der Waals surface area contributed by atoms with Crippen molar-refractivity contribution in [2.75, 3.05) is 26.2 Å². The predicted octanol–water partition coefficient (Wildman–Crippen LogP) is -0.948. The second-order valence-corrected chi connectivity index (χ2v) is 3.69. The fourth-order valence-electron chi connectivity index (χ4n) is 1.64. The zero-order chi connectivity index (χ0) is 10.8. The molecule has 6 heteroatoms. The van der Waals surface area contributed by atoms with Crippen molar-refractivity contribution in [3.05, 3.63) is 18.2 Å². The molecule has 15 heavy (non-hydrogen) atoms. The highest BCUT2D eigenvalue weighted by Crippen LogP contribution is 2.04. The maximum Gasteiger partial charge on any atom is 0.289 e. The molecule has 6 nitrogen and oxygen atoms in total. The van der Waals surface area contributed by atoms with E-state index in [2.05, 4.69) is 4.98 Å². The summed E-state index contributed by atoms with van der Waals surface area (Å²) in [6.45, 7) is 2.77. The average Bonchev–Trinajstić information content (AvgIpc) is 2.65. The smallest absolute Gasteiger partial charge is 0.289 e. The van der Waals surface area contributed by atoms with E-state index in [0.717, 1.165) is 13.1 Å². The molecule has 0 aliphatic carbocycles. The molecule has 1 fully saturated rings. The fraction of sp³-hybridized carbons (Fsp3) is 0.556. The molecule has 0 unspecified atom stereocenters. The van der Waals surface area contributed by atoms with E-state index >= 15 is 0 Å². The first-order chi connectivity index (χ1) is 7.18. The van der Waals surface area contributed by atoms with E-state index in [1.54, 1.807) is 26.9 Å². The molecule has 1 amide bonds. The van der Waals surface area contributed by atoms with Gasteiger partial charge in [-0.3, -0.25) is 10.6 Å².